The molecule has 0 aliphatic rings. The second kappa shape index (κ2) is 4.97. The Bertz CT molecular complexity index is 282. The van der Waals surface area contributed by atoms with Crippen molar-refractivity contribution in [3.63, 3.8) is 0 Å². The van der Waals surface area contributed by atoms with Gasteiger partial charge in [-0.2, -0.15) is 5.11 Å². The number of H-pyrrole nitrogens is 1. The summed E-state index contributed by atoms with van der Waals surface area (Å²) in [5.74, 6) is 0.894. The minimum atomic E-state index is 0.290. The van der Waals surface area contributed by atoms with Crippen LogP contribution >= 0.6 is 11.6 Å². The second-order valence-electron chi connectivity index (χ2n) is 2.87. The number of nitrogens with one attached hydrogen (secondary N) is 2. The van der Waals surface area contributed by atoms with Crippen molar-refractivity contribution in [2.75, 3.05) is 0 Å². The molecule has 0 fully saturated rings. The summed E-state index contributed by atoms with van der Waals surface area (Å²) >= 11 is 5.82. The molecule has 0 radical (unpaired) electrons. The van der Waals surface area contributed by atoms with Crippen LogP contribution in [0.4, 0.5) is 0 Å². The van der Waals surface area contributed by atoms with E-state index in [1.165, 1.54) is 0 Å². The Morgan fingerprint density at radius 3 is 3.00 bits per heavy atom. The van der Waals surface area contributed by atoms with E-state index in [2.05, 4.69) is 22.0 Å². The largest absolute Gasteiger partial charge is 0.343 e. The molecule has 0 aliphatic carbocycles. The van der Waals surface area contributed by atoms with Gasteiger partial charge in [-0.25, -0.2) is 10.5 Å². The van der Waals surface area contributed by atoms with Gasteiger partial charge < -0.3 is 4.98 Å². The first-order valence-corrected chi connectivity index (χ1v) is 4.72. The minimum Gasteiger partial charge on any atom is -0.343 e. The highest BCUT2D eigenvalue weighted by Gasteiger charge is 2.06. The van der Waals surface area contributed by atoms with Gasteiger partial charge in [0.05, 0.1) is 5.69 Å². The molecule has 5 heteroatoms. The van der Waals surface area contributed by atoms with Crippen LogP contribution in [0.1, 0.15) is 31.3 Å². The monoisotopic (exact) mass is 200 g/mol. The maximum Gasteiger partial charge on any atom is 0.152 e. The summed E-state index contributed by atoms with van der Waals surface area (Å²) in [6.45, 7) is 2.42. The first-order chi connectivity index (χ1) is 6.27. The Morgan fingerprint density at radius 1 is 1.62 bits per heavy atom. The first kappa shape index (κ1) is 10.2. The molecule has 0 bridgehead atoms. The summed E-state index contributed by atoms with van der Waals surface area (Å²) in [5, 5.41) is 3.70. The molecule has 0 amide bonds. The van der Waals surface area contributed by atoms with Crippen LogP contribution < -0.4 is 0 Å². The molecule has 1 rings (SSSR count). The number of aromatic amines is 1. The molecule has 0 saturated carbocycles. The minimum absolute atomic E-state index is 0.290. The number of nitrogens with zero attached hydrogens (tertiary/aromatic N) is 2. The van der Waals surface area contributed by atoms with E-state index in [4.69, 9.17) is 17.1 Å². The van der Waals surface area contributed by atoms with Gasteiger partial charge in [-0.05, 0) is 6.42 Å². The first-order valence-electron chi connectivity index (χ1n) is 4.34. The highest BCUT2D eigenvalue weighted by molar-refractivity contribution is 6.30. The molecular weight excluding hydrogens is 188 g/mol. The standard InChI is InChI=1S/C8H13ClN4/c1-2-3-4-7-12-6(5-11-10)8(9)13-7/h10H,2-5H2,1H3,(H,12,13). The lowest BCUT2D eigenvalue weighted by Gasteiger charge is -1.91. The zero-order chi connectivity index (χ0) is 9.68. The van der Waals surface area contributed by atoms with Gasteiger partial charge in [0, 0.05) is 6.42 Å². The molecule has 0 unspecified atom stereocenters. The average molecular weight is 201 g/mol. The maximum absolute atomic E-state index is 6.70. The van der Waals surface area contributed by atoms with Crippen molar-refractivity contribution in [3.05, 3.63) is 16.7 Å². The van der Waals surface area contributed by atoms with Crippen LogP contribution in [0.15, 0.2) is 5.11 Å². The Morgan fingerprint density at radius 2 is 2.38 bits per heavy atom. The van der Waals surface area contributed by atoms with E-state index in [1.807, 2.05) is 0 Å². The molecule has 1 aromatic heterocycles. The van der Waals surface area contributed by atoms with E-state index in [0.717, 1.165) is 30.8 Å². The van der Waals surface area contributed by atoms with Gasteiger partial charge in [-0.3, -0.25) is 0 Å². The van der Waals surface area contributed by atoms with E-state index in [0.29, 0.717) is 5.15 Å². The molecule has 72 valence electrons. The molecule has 0 saturated heterocycles. The predicted molar refractivity (Wildman–Crippen MR) is 51.1 cm³/mol. The molecule has 0 aliphatic heterocycles. The molecule has 0 aromatic carbocycles. The van der Waals surface area contributed by atoms with Crippen molar-refractivity contribution in [1.82, 2.24) is 9.97 Å². The summed E-state index contributed by atoms with van der Waals surface area (Å²) in [5.41, 5.74) is 7.44. The van der Waals surface area contributed by atoms with Crippen LogP contribution in [0.25, 0.3) is 0 Å². The van der Waals surface area contributed by atoms with Crippen molar-refractivity contribution in [1.29, 1.82) is 5.53 Å². The van der Waals surface area contributed by atoms with Crippen LogP contribution in [0.2, 0.25) is 5.15 Å². The number of rotatable bonds is 5. The van der Waals surface area contributed by atoms with E-state index in [9.17, 15) is 0 Å². The number of unbranched alkanes of at least 4 members (excludes halogenated alkanes) is 1. The zero-order valence-corrected chi connectivity index (χ0v) is 8.36. The van der Waals surface area contributed by atoms with E-state index in [1.54, 1.807) is 0 Å². The lowest BCUT2D eigenvalue weighted by molar-refractivity contribution is 0.758. The Labute approximate surface area is 82.2 Å². The van der Waals surface area contributed by atoms with Gasteiger partial charge in [0.1, 0.15) is 12.4 Å². The number of imidazole rings is 1. The van der Waals surface area contributed by atoms with Crippen LogP contribution in [-0.4, -0.2) is 9.97 Å². The van der Waals surface area contributed by atoms with Crippen molar-refractivity contribution >= 4 is 11.6 Å². The lowest BCUT2D eigenvalue weighted by Crippen LogP contribution is -1.87. The van der Waals surface area contributed by atoms with Gasteiger partial charge in [0.2, 0.25) is 0 Å². The molecular formula is C8H13ClN4. The fraction of sp³-hybridized carbons (Fsp3) is 0.625. The quantitative estimate of drug-likeness (QED) is 0.706. The van der Waals surface area contributed by atoms with Crippen molar-refractivity contribution in [3.8, 4) is 0 Å². The molecule has 13 heavy (non-hydrogen) atoms. The van der Waals surface area contributed by atoms with Crippen molar-refractivity contribution in [2.24, 2.45) is 5.11 Å². The van der Waals surface area contributed by atoms with Crippen molar-refractivity contribution < 1.29 is 0 Å². The topological polar surface area (TPSA) is 64.9 Å². The normalized spacial score (nSPS) is 10.3. The smallest absolute Gasteiger partial charge is 0.152 e. The van der Waals surface area contributed by atoms with Gasteiger partial charge in [0.25, 0.3) is 0 Å². The lowest BCUT2D eigenvalue weighted by atomic mass is 10.2. The van der Waals surface area contributed by atoms with Crippen LogP contribution in [0, 0.1) is 5.53 Å². The SMILES string of the molecule is CCCCc1nc(Cl)c(CN=N)[nH]1. The number of hydrogen-bond acceptors (Lipinski definition) is 3. The van der Waals surface area contributed by atoms with E-state index >= 15 is 0 Å². The fourth-order valence-corrected chi connectivity index (χ4v) is 1.30. The van der Waals surface area contributed by atoms with Crippen molar-refractivity contribution in [2.45, 2.75) is 32.7 Å². The zero-order valence-electron chi connectivity index (χ0n) is 7.60. The number of aromatic nitrogens is 2. The molecule has 1 aromatic rings. The Hall–Kier alpha value is -0.900. The molecule has 0 spiro atoms. The van der Waals surface area contributed by atoms with Gasteiger partial charge in [-0.1, -0.05) is 24.9 Å². The maximum atomic E-state index is 6.70. The molecule has 1 heterocycles. The fourth-order valence-electron chi connectivity index (χ4n) is 1.09. The summed E-state index contributed by atoms with van der Waals surface area (Å²) in [4.78, 5) is 7.19. The summed E-state index contributed by atoms with van der Waals surface area (Å²) in [7, 11) is 0. The Kier molecular flexibility index (Phi) is 3.89. The van der Waals surface area contributed by atoms with Crippen LogP contribution in [-0.2, 0) is 13.0 Å². The number of hydrogen-bond donors (Lipinski definition) is 2. The number of aryl methyl sites for hydroxylation is 1. The third kappa shape index (κ3) is 2.81. The summed E-state index contributed by atoms with van der Waals surface area (Å²) < 4.78 is 0. The van der Waals surface area contributed by atoms with Crippen LogP contribution in [0.5, 0.6) is 0 Å². The highest BCUT2D eigenvalue weighted by Crippen LogP contribution is 2.14. The van der Waals surface area contributed by atoms with Crippen LogP contribution in [0.3, 0.4) is 0 Å². The average Bonchev–Trinajstić information content (AvgIpc) is 2.45. The molecule has 4 nitrogen and oxygen atoms in total. The molecule has 0 atom stereocenters. The predicted octanol–water partition coefficient (Wildman–Crippen LogP) is 2.94. The van der Waals surface area contributed by atoms with Gasteiger partial charge >= 0.3 is 0 Å². The third-order valence-corrected chi connectivity index (χ3v) is 2.09. The van der Waals surface area contributed by atoms with Gasteiger partial charge in [-0.15, -0.1) is 0 Å². The number of halogens is 1. The molecule has 2 N–H and O–H groups in total. The Balaban J connectivity index is 2.64. The van der Waals surface area contributed by atoms with Gasteiger partial charge in [0.15, 0.2) is 5.15 Å². The van der Waals surface area contributed by atoms with E-state index < -0.39 is 0 Å². The van der Waals surface area contributed by atoms with E-state index in [-0.39, 0.29) is 6.54 Å². The second-order valence-corrected chi connectivity index (χ2v) is 3.23. The summed E-state index contributed by atoms with van der Waals surface area (Å²) in [6.07, 6.45) is 3.14. The third-order valence-electron chi connectivity index (χ3n) is 1.78. The highest BCUT2D eigenvalue weighted by atomic mass is 35.5. The summed E-state index contributed by atoms with van der Waals surface area (Å²) in [6, 6.07) is 0.